The van der Waals surface area contributed by atoms with E-state index in [1.807, 2.05) is 11.3 Å². The minimum Gasteiger partial charge on any atom is -0.299 e. The van der Waals surface area contributed by atoms with E-state index in [9.17, 15) is 0 Å². The van der Waals surface area contributed by atoms with Crippen LogP contribution in [0.4, 0.5) is 0 Å². The van der Waals surface area contributed by atoms with E-state index in [4.69, 9.17) is 0 Å². The summed E-state index contributed by atoms with van der Waals surface area (Å²) in [4.78, 5) is 1.92. The van der Waals surface area contributed by atoms with Gasteiger partial charge in [0.2, 0.25) is 0 Å². The fourth-order valence-electron chi connectivity index (χ4n) is 2.52. The summed E-state index contributed by atoms with van der Waals surface area (Å²) in [6.45, 7) is 1.20. The molecule has 0 saturated carbocycles. The zero-order valence-electron chi connectivity index (χ0n) is 8.21. The van der Waals surface area contributed by atoms with Crippen molar-refractivity contribution in [3.63, 3.8) is 0 Å². The minimum atomic E-state index is 0.297. The van der Waals surface area contributed by atoms with E-state index in [0.717, 1.165) is 0 Å². The average Bonchev–Trinajstić information content (AvgIpc) is 2.69. The van der Waals surface area contributed by atoms with E-state index in [1.54, 1.807) is 10.4 Å². The molecule has 3 rings (SSSR count). The van der Waals surface area contributed by atoms with E-state index < -0.39 is 0 Å². The molecule has 1 unspecified atom stereocenters. The quantitative estimate of drug-likeness (QED) is 0.728. The zero-order chi connectivity index (χ0) is 9.43. The smallest absolute Gasteiger partial charge is 0.0912 e. The van der Waals surface area contributed by atoms with E-state index in [-0.39, 0.29) is 0 Å². The van der Waals surface area contributed by atoms with E-state index in [1.165, 1.54) is 38.0 Å². The summed E-state index contributed by atoms with van der Waals surface area (Å²) < 4.78 is 0. The van der Waals surface area contributed by atoms with E-state index in [2.05, 4.69) is 28.5 Å². The van der Waals surface area contributed by atoms with Gasteiger partial charge in [0.05, 0.1) is 4.87 Å². The van der Waals surface area contributed by atoms with Gasteiger partial charge in [0.25, 0.3) is 0 Å². The van der Waals surface area contributed by atoms with Gasteiger partial charge in [-0.25, -0.2) is 0 Å². The maximum Gasteiger partial charge on any atom is 0.0912 e. The van der Waals surface area contributed by atoms with Gasteiger partial charge in [-0.2, -0.15) is 0 Å². The Kier molecular flexibility index (Phi) is 2.34. The molecule has 14 heavy (non-hydrogen) atoms. The average molecular weight is 225 g/mol. The Labute approximate surface area is 93.3 Å². The Balaban J connectivity index is 2.01. The molecule has 1 saturated heterocycles. The topological polar surface area (TPSA) is 12.0 Å². The van der Waals surface area contributed by atoms with Crippen molar-refractivity contribution in [2.75, 3.05) is 12.3 Å². The van der Waals surface area contributed by atoms with Crippen molar-refractivity contribution < 1.29 is 0 Å². The maximum atomic E-state index is 3.75. The van der Waals surface area contributed by atoms with Gasteiger partial charge in [0.15, 0.2) is 0 Å². The molecule has 2 aliphatic rings. The standard InChI is InChI=1S/C11H15NS2/c1-3-10-9(4-8-13-10)11(5-1)12-6-2-7-14-11/h4,8,12H,1-3,5-7H2. The summed E-state index contributed by atoms with van der Waals surface area (Å²) in [6, 6.07) is 2.34. The van der Waals surface area contributed by atoms with Crippen LogP contribution in [0.15, 0.2) is 11.4 Å². The molecule has 1 N–H and O–H groups in total. The number of nitrogens with one attached hydrogen (secondary N) is 1. The number of aryl methyl sites for hydroxylation is 1. The summed E-state index contributed by atoms with van der Waals surface area (Å²) in [5, 5.41) is 6.00. The molecule has 0 amide bonds. The van der Waals surface area contributed by atoms with Crippen molar-refractivity contribution in [1.29, 1.82) is 0 Å². The van der Waals surface area contributed by atoms with Crippen LogP contribution in [0, 0.1) is 0 Å². The molecule has 3 heteroatoms. The van der Waals surface area contributed by atoms with Crippen molar-refractivity contribution in [3.8, 4) is 0 Å². The molecule has 76 valence electrons. The lowest BCUT2D eigenvalue weighted by Gasteiger charge is -2.41. The summed E-state index contributed by atoms with van der Waals surface area (Å²) in [5.41, 5.74) is 1.60. The van der Waals surface area contributed by atoms with Crippen LogP contribution in [0.1, 0.15) is 29.7 Å². The molecule has 1 aliphatic heterocycles. The lowest BCUT2D eigenvalue weighted by molar-refractivity contribution is 0.408. The van der Waals surface area contributed by atoms with Gasteiger partial charge in [-0.15, -0.1) is 23.1 Å². The van der Waals surface area contributed by atoms with Crippen molar-refractivity contribution in [2.45, 2.75) is 30.6 Å². The Hall–Kier alpha value is 0.01000. The monoisotopic (exact) mass is 225 g/mol. The Bertz CT molecular complexity index is 326. The number of thioether (sulfide) groups is 1. The van der Waals surface area contributed by atoms with Crippen LogP contribution in [0.2, 0.25) is 0 Å². The van der Waals surface area contributed by atoms with Crippen molar-refractivity contribution in [1.82, 2.24) is 5.32 Å². The predicted octanol–water partition coefficient (Wildman–Crippen LogP) is 2.96. The van der Waals surface area contributed by atoms with Gasteiger partial charge in [0, 0.05) is 4.88 Å². The van der Waals surface area contributed by atoms with Gasteiger partial charge < -0.3 is 0 Å². The van der Waals surface area contributed by atoms with Crippen LogP contribution in [0.5, 0.6) is 0 Å². The molecule has 1 aromatic heterocycles. The lowest BCUT2D eigenvalue weighted by atomic mass is 9.93. The van der Waals surface area contributed by atoms with Crippen LogP contribution in [-0.4, -0.2) is 12.3 Å². The first-order chi connectivity index (χ1) is 6.91. The SMILES string of the molecule is c1cc2c(s1)CCCC21NCCCS1. The van der Waals surface area contributed by atoms with Gasteiger partial charge in [-0.05, 0) is 55.0 Å². The van der Waals surface area contributed by atoms with Crippen LogP contribution < -0.4 is 5.32 Å². The zero-order valence-corrected chi connectivity index (χ0v) is 9.85. The van der Waals surface area contributed by atoms with Gasteiger partial charge in [-0.3, -0.25) is 5.32 Å². The summed E-state index contributed by atoms with van der Waals surface area (Å²) >= 11 is 4.07. The van der Waals surface area contributed by atoms with E-state index in [0.29, 0.717) is 4.87 Å². The third-order valence-electron chi connectivity index (χ3n) is 3.19. The molecule has 1 nitrogen and oxygen atoms in total. The number of fused-ring (bicyclic) bond motifs is 2. The molecule has 1 atom stereocenters. The van der Waals surface area contributed by atoms with Crippen molar-refractivity contribution in [3.05, 3.63) is 21.9 Å². The normalized spacial score (nSPS) is 31.7. The summed E-state index contributed by atoms with van der Waals surface area (Å²) in [5.74, 6) is 1.32. The maximum absolute atomic E-state index is 3.75. The number of hydrogen-bond acceptors (Lipinski definition) is 3. The predicted molar refractivity (Wildman–Crippen MR) is 64.0 cm³/mol. The van der Waals surface area contributed by atoms with Gasteiger partial charge in [0.1, 0.15) is 0 Å². The summed E-state index contributed by atoms with van der Waals surface area (Å²) in [7, 11) is 0. The molecule has 1 aromatic rings. The van der Waals surface area contributed by atoms with Crippen molar-refractivity contribution in [2.24, 2.45) is 0 Å². The lowest BCUT2D eigenvalue weighted by Crippen LogP contribution is -2.45. The van der Waals surface area contributed by atoms with E-state index >= 15 is 0 Å². The van der Waals surface area contributed by atoms with Gasteiger partial charge in [-0.1, -0.05) is 0 Å². The Morgan fingerprint density at radius 3 is 3.21 bits per heavy atom. The van der Waals surface area contributed by atoms with Gasteiger partial charge >= 0.3 is 0 Å². The highest BCUT2D eigenvalue weighted by Gasteiger charge is 2.38. The fourth-order valence-corrected chi connectivity index (χ4v) is 5.06. The first-order valence-electron chi connectivity index (χ1n) is 5.37. The minimum absolute atomic E-state index is 0.297. The molecule has 0 radical (unpaired) electrons. The molecule has 1 aliphatic carbocycles. The fraction of sp³-hybridized carbons (Fsp3) is 0.636. The number of rotatable bonds is 0. The first-order valence-corrected chi connectivity index (χ1v) is 7.23. The number of hydrogen-bond donors (Lipinski definition) is 1. The third-order valence-corrected chi connectivity index (χ3v) is 5.73. The second kappa shape index (κ2) is 3.54. The Morgan fingerprint density at radius 1 is 1.36 bits per heavy atom. The molecular formula is C11H15NS2. The first kappa shape index (κ1) is 9.25. The van der Waals surface area contributed by atoms with Crippen LogP contribution in [-0.2, 0) is 11.3 Å². The molecule has 1 fully saturated rings. The molecule has 2 heterocycles. The molecule has 0 aromatic carbocycles. The molecule has 1 spiro atoms. The highest BCUT2D eigenvalue weighted by atomic mass is 32.2. The number of thiophene rings is 1. The largest absolute Gasteiger partial charge is 0.299 e. The summed E-state index contributed by atoms with van der Waals surface area (Å²) in [6.07, 6.45) is 5.30. The highest BCUT2D eigenvalue weighted by Crippen LogP contribution is 2.47. The van der Waals surface area contributed by atoms with Crippen LogP contribution >= 0.6 is 23.1 Å². The Morgan fingerprint density at radius 2 is 2.36 bits per heavy atom. The van der Waals surface area contributed by atoms with Crippen LogP contribution in [0.25, 0.3) is 0 Å². The second-order valence-electron chi connectivity index (χ2n) is 4.07. The van der Waals surface area contributed by atoms with Crippen molar-refractivity contribution >= 4 is 23.1 Å². The molecular weight excluding hydrogens is 210 g/mol. The highest BCUT2D eigenvalue weighted by molar-refractivity contribution is 8.00. The molecule has 0 bridgehead atoms. The second-order valence-corrected chi connectivity index (χ2v) is 6.46. The van der Waals surface area contributed by atoms with Crippen LogP contribution in [0.3, 0.4) is 0 Å². The third kappa shape index (κ3) is 1.34.